The van der Waals surface area contributed by atoms with Gasteiger partial charge in [0.15, 0.2) is 0 Å². The lowest BCUT2D eigenvalue weighted by Crippen LogP contribution is -2.40. The summed E-state index contributed by atoms with van der Waals surface area (Å²) >= 11 is 0. The molecular weight excluding hydrogens is 224 g/mol. The molecule has 0 radical (unpaired) electrons. The van der Waals surface area contributed by atoms with E-state index in [4.69, 9.17) is 0 Å². The van der Waals surface area contributed by atoms with E-state index in [1.165, 1.54) is 12.8 Å². The third kappa shape index (κ3) is 1.17. The molecule has 2 nitrogen and oxygen atoms in total. The number of allylic oxidation sites excluding steroid dienone is 2. The molecule has 0 aliphatic heterocycles. The highest BCUT2D eigenvalue weighted by atomic mass is 16.4. The monoisotopic (exact) mass is 246 g/mol. The summed E-state index contributed by atoms with van der Waals surface area (Å²) in [6.07, 6.45) is 9.63. The van der Waals surface area contributed by atoms with Gasteiger partial charge in [0, 0.05) is 0 Å². The van der Waals surface area contributed by atoms with Crippen LogP contribution in [-0.4, -0.2) is 11.1 Å². The number of hydrogen-bond donors (Lipinski definition) is 1. The molecule has 0 aromatic rings. The van der Waals surface area contributed by atoms with Crippen LogP contribution < -0.4 is 0 Å². The Morgan fingerprint density at radius 3 is 2.44 bits per heavy atom. The van der Waals surface area contributed by atoms with Gasteiger partial charge < -0.3 is 5.11 Å². The topological polar surface area (TPSA) is 37.3 Å². The number of aliphatic carboxylic acids is 1. The van der Waals surface area contributed by atoms with Gasteiger partial charge in [-0.15, -0.1) is 0 Å². The Balaban J connectivity index is 1.69. The molecule has 8 atom stereocenters. The molecule has 0 amide bonds. The van der Waals surface area contributed by atoms with Crippen LogP contribution in [-0.2, 0) is 4.79 Å². The van der Waals surface area contributed by atoms with Crippen molar-refractivity contribution in [1.29, 1.82) is 0 Å². The fourth-order valence-corrected chi connectivity index (χ4v) is 6.26. The molecule has 4 bridgehead atoms. The van der Waals surface area contributed by atoms with Crippen molar-refractivity contribution < 1.29 is 9.90 Å². The average molecular weight is 246 g/mol. The van der Waals surface area contributed by atoms with Crippen LogP contribution in [0.4, 0.5) is 0 Å². The van der Waals surface area contributed by atoms with E-state index in [1.807, 2.05) is 0 Å². The minimum absolute atomic E-state index is 0.0241. The minimum atomic E-state index is -0.508. The van der Waals surface area contributed by atoms with Gasteiger partial charge >= 0.3 is 5.97 Å². The number of carboxylic acid groups (broad SMARTS) is 1. The fourth-order valence-electron chi connectivity index (χ4n) is 6.26. The van der Waals surface area contributed by atoms with Gasteiger partial charge in [0.2, 0.25) is 0 Å². The lowest BCUT2D eigenvalue weighted by Gasteiger charge is -2.40. The van der Waals surface area contributed by atoms with Crippen LogP contribution >= 0.6 is 0 Å². The first-order valence-electron chi connectivity index (χ1n) is 7.63. The number of carbonyl (C=O) groups is 1. The third-order valence-electron chi connectivity index (χ3n) is 6.50. The zero-order valence-corrected chi connectivity index (χ0v) is 11.0. The van der Waals surface area contributed by atoms with Crippen LogP contribution in [0, 0.1) is 47.3 Å². The standard InChI is InChI=1S/C16H22O2/c1-2-3-10-11-7-12(15(10)16(17)18)14-9-5-4-8(6-9)13(11)14/h4-5,8-15H,2-3,6-7H2,1H3,(H,17,18). The van der Waals surface area contributed by atoms with E-state index in [2.05, 4.69) is 19.1 Å². The van der Waals surface area contributed by atoms with Crippen molar-refractivity contribution in [3.05, 3.63) is 12.2 Å². The van der Waals surface area contributed by atoms with Crippen LogP contribution in [0.1, 0.15) is 32.6 Å². The maximum atomic E-state index is 11.7. The minimum Gasteiger partial charge on any atom is -0.481 e. The van der Waals surface area contributed by atoms with Gasteiger partial charge in [-0.3, -0.25) is 4.79 Å². The highest BCUT2D eigenvalue weighted by molar-refractivity contribution is 5.72. The van der Waals surface area contributed by atoms with Crippen LogP contribution in [0.25, 0.3) is 0 Å². The van der Waals surface area contributed by atoms with Crippen molar-refractivity contribution in [1.82, 2.24) is 0 Å². The number of carboxylic acids is 1. The summed E-state index contributed by atoms with van der Waals surface area (Å²) < 4.78 is 0. The Morgan fingerprint density at radius 1 is 1.17 bits per heavy atom. The second-order valence-corrected chi connectivity index (χ2v) is 6.98. The molecule has 4 aliphatic rings. The molecule has 0 aromatic heterocycles. The van der Waals surface area contributed by atoms with Gasteiger partial charge in [0.25, 0.3) is 0 Å². The van der Waals surface area contributed by atoms with E-state index in [-0.39, 0.29) is 5.92 Å². The number of hydrogen-bond acceptors (Lipinski definition) is 1. The quantitative estimate of drug-likeness (QED) is 0.613. The van der Waals surface area contributed by atoms with Crippen molar-refractivity contribution in [2.45, 2.75) is 32.6 Å². The Labute approximate surface area is 108 Å². The predicted molar refractivity (Wildman–Crippen MR) is 68.8 cm³/mol. The van der Waals surface area contributed by atoms with E-state index in [0.29, 0.717) is 11.8 Å². The largest absolute Gasteiger partial charge is 0.481 e. The van der Waals surface area contributed by atoms with Gasteiger partial charge in [-0.1, -0.05) is 25.5 Å². The maximum absolute atomic E-state index is 11.7. The molecule has 0 saturated heterocycles. The molecule has 3 fully saturated rings. The van der Waals surface area contributed by atoms with Gasteiger partial charge in [0.1, 0.15) is 0 Å². The summed E-state index contributed by atoms with van der Waals surface area (Å²) in [6.45, 7) is 2.20. The summed E-state index contributed by atoms with van der Waals surface area (Å²) in [5, 5.41) is 9.60. The van der Waals surface area contributed by atoms with E-state index in [0.717, 1.165) is 42.4 Å². The van der Waals surface area contributed by atoms with Crippen LogP contribution in [0.5, 0.6) is 0 Å². The first-order valence-corrected chi connectivity index (χ1v) is 7.63. The number of rotatable bonds is 3. The Bertz CT molecular complexity index is 413. The molecule has 18 heavy (non-hydrogen) atoms. The van der Waals surface area contributed by atoms with Crippen molar-refractivity contribution in [2.75, 3.05) is 0 Å². The highest BCUT2D eigenvalue weighted by Gasteiger charge is 2.65. The smallest absolute Gasteiger partial charge is 0.307 e. The zero-order chi connectivity index (χ0) is 12.4. The maximum Gasteiger partial charge on any atom is 0.307 e. The molecule has 4 rings (SSSR count). The van der Waals surface area contributed by atoms with Crippen molar-refractivity contribution in [3.63, 3.8) is 0 Å². The van der Waals surface area contributed by atoms with Crippen LogP contribution in [0.3, 0.4) is 0 Å². The molecule has 3 saturated carbocycles. The molecule has 0 aromatic carbocycles. The Hall–Kier alpha value is -0.790. The molecule has 0 heterocycles. The van der Waals surface area contributed by atoms with E-state index in [1.54, 1.807) is 0 Å². The number of fused-ring (bicyclic) bond motifs is 9. The van der Waals surface area contributed by atoms with Gasteiger partial charge in [-0.2, -0.15) is 0 Å². The predicted octanol–water partition coefficient (Wildman–Crippen LogP) is 3.19. The lowest BCUT2D eigenvalue weighted by molar-refractivity contribution is -0.147. The lowest BCUT2D eigenvalue weighted by atomic mass is 9.64. The molecule has 98 valence electrons. The first-order chi connectivity index (χ1) is 8.72. The molecule has 1 N–H and O–H groups in total. The summed E-state index contributed by atoms with van der Waals surface area (Å²) in [6, 6.07) is 0. The normalized spacial score (nSPS) is 55.2. The summed E-state index contributed by atoms with van der Waals surface area (Å²) in [5.74, 6) is 4.25. The first kappa shape index (κ1) is 11.1. The summed E-state index contributed by atoms with van der Waals surface area (Å²) in [7, 11) is 0. The van der Waals surface area contributed by atoms with Gasteiger partial charge in [0.05, 0.1) is 5.92 Å². The Kier molecular flexibility index (Phi) is 2.22. The van der Waals surface area contributed by atoms with Crippen LogP contribution in [0.15, 0.2) is 12.2 Å². The van der Waals surface area contributed by atoms with Crippen molar-refractivity contribution >= 4 is 5.97 Å². The summed E-state index contributed by atoms with van der Waals surface area (Å²) in [4.78, 5) is 11.7. The van der Waals surface area contributed by atoms with Gasteiger partial charge in [-0.05, 0) is 60.7 Å². The van der Waals surface area contributed by atoms with Gasteiger partial charge in [-0.25, -0.2) is 0 Å². The third-order valence-corrected chi connectivity index (χ3v) is 6.50. The molecule has 4 aliphatic carbocycles. The Morgan fingerprint density at radius 2 is 1.83 bits per heavy atom. The zero-order valence-electron chi connectivity index (χ0n) is 11.0. The average Bonchev–Trinajstić information content (AvgIpc) is 3.06. The van der Waals surface area contributed by atoms with E-state index < -0.39 is 5.97 Å². The SMILES string of the molecule is CCCC1C2CC(C1C(=O)O)C1C3C=CC(C3)C21. The van der Waals surface area contributed by atoms with Crippen LogP contribution in [0.2, 0.25) is 0 Å². The summed E-state index contributed by atoms with van der Waals surface area (Å²) in [5.41, 5.74) is 0. The van der Waals surface area contributed by atoms with E-state index >= 15 is 0 Å². The molecule has 8 unspecified atom stereocenters. The highest BCUT2D eigenvalue weighted by Crippen LogP contribution is 2.69. The second-order valence-electron chi connectivity index (χ2n) is 6.98. The molecule has 2 heteroatoms. The molecular formula is C16H22O2. The van der Waals surface area contributed by atoms with Crippen molar-refractivity contribution in [2.24, 2.45) is 47.3 Å². The fraction of sp³-hybridized carbons (Fsp3) is 0.812. The van der Waals surface area contributed by atoms with E-state index in [9.17, 15) is 9.90 Å². The second kappa shape index (κ2) is 3.61. The molecule has 0 spiro atoms. The van der Waals surface area contributed by atoms with Crippen molar-refractivity contribution in [3.8, 4) is 0 Å².